The summed E-state index contributed by atoms with van der Waals surface area (Å²) in [5, 5.41) is 0. The van der Waals surface area contributed by atoms with E-state index >= 15 is 0 Å². The third-order valence-corrected chi connectivity index (χ3v) is 0. The van der Waals surface area contributed by atoms with Crippen molar-refractivity contribution in [2.24, 2.45) is 0 Å². The van der Waals surface area contributed by atoms with Crippen LogP contribution in [0.3, 0.4) is 0 Å². The summed E-state index contributed by atoms with van der Waals surface area (Å²) in [6.07, 6.45) is 0. The Kier molecular flexibility index (Phi) is 9.75. The van der Waals surface area contributed by atoms with Gasteiger partial charge in [-0.15, -0.1) is 0 Å². The molecule has 0 saturated carbocycles. The smallest absolute Gasteiger partial charge is 1.00 e. The zero-order valence-corrected chi connectivity index (χ0v) is 4.50. The summed E-state index contributed by atoms with van der Waals surface area (Å²) < 4.78 is 0. The second-order valence-electron chi connectivity index (χ2n) is 0.600. The van der Waals surface area contributed by atoms with E-state index in [1.807, 2.05) is 0 Å². The molecule has 0 heterocycles. The van der Waals surface area contributed by atoms with Crippen LogP contribution in [0.1, 0.15) is 2.85 Å². The first-order valence-corrected chi connectivity index (χ1v) is 2.68. The Hall–Kier alpha value is 0.186. The second kappa shape index (κ2) is 4.35. The molecule has 0 aromatic carbocycles. The molecule has 7 heteroatoms. The molecule has 0 fully saturated rings. The first-order valence-electron chi connectivity index (χ1n) is 0.894. The van der Waals surface area contributed by atoms with Crippen molar-refractivity contribution in [3.05, 3.63) is 0 Å². The monoisotopic (exact) mass is 125 g/mol. The fraction of sp³-hybridized carbons (Fsp3) is 0. The fourth-order valence-corrected chi connectivity index (χ4v) is 0. The van der Waals surface area contributed by atoms with Crippen molar-refractivity contribution in [2.75, 3.05) is 0 Å². The fourth-order valence-electron chi connectivity index (χ4n) is 0. The minimum atomic E-state index is -4.61. The Bertz CT molecular complexity index is 30.4. The van der Waals surface area contributed by atoms with Gasteiger partial charge in [-0.3, -0.25) is 0 Å². The van der Waals surface area contributed by atoms with Crippen molar-refractivity contribution in [1.82, 2.24) is 0 Å². The van der Waals surface area contributed by atoms with Gasteiger partial charge in [0, 0.05) is 0 Å². The summed E-state index contributed by atoms with van der Waals surface area (Å²) >= 11 is 0. The van der Waals surface area contributed by atoms with E-state index in [0.717, 1.165) is 0 Å². The van der Waals surface area contributed by atoms with E-state index in [9.17, 15) is 0 Å². The van der Waals surface area contributed by atoms with Crippen molar-refractivity contribution in [2.45, 2.75) is 0 Å². The van der Waals surface area contributed by atoms with E-state index in [4.69, 9.17) is 19.2 Å². The van der Waals surface area contributed by atoms with Gasteiger partial charge in [-0.25, -0.2) is 0 Å². The van der Waals surface area contributed by atoms with Gasteiger partial charge < -0.3 is 27.5 Å². The second-order valence-corrected chi connectivity index (χ2v) is 1.80. The van der Waals surface area contributed by atoms with Gasteiger partial charge in [0.2, 0.25) is 0 Å². The van der Waals surface area contributed by atoms with Gasteiger partial charge >= 0.3 is 19.2 Å². The molecule has 0 saturated heterocycles. The molecule has 0 aliphatic rings. The van der Waals surface area contributed by atoms with Crippen LogP contribution in [0.2, 0.25) is 0 Å². The molecular formula is H8BeO5Si. The molecule has 44 valence electrons. The molecule has 0 bridgehead atoms. The topological polar surface area (TPSA) is 112 Å². The Morgan fingerprint density at radius 3 is 1.00 bits per heavy atom. The molecule has 6 N–H and O–H groups in total. The molecule has 0 spiro atoms. The van der Waals surface area contributed by atoms with Crippen molar-refractivity contribution in [3.8, 4) is 0 Å². The minimum Gasteiger partial charge on any atom is -1.00 e. The predicted molar refractivity (Wildman–Crippen MR) is 26.2 cm³/mol. The Balaban J connectivity index is -0.0000000133. The van der Waals surface area contributed by atoms with Gasteiger partial charge in [-0.05, 0) is 0 Å². The van der Waals surface area contributed by atoms with Crippen LogP contribution >= 0.6 is 0 Å². The summed E-state index contributed by atoms with van der Waals surface area (Å²) in [5.74, 6) is 0. The molecule has 0 aromatic rings. The average molecular weight is 125 g/mol. The molecule has 7 heavy (non-hydrogen) atoms. The SMILES string of the molecule is O.O[Si](O)(O)O.[Be+2].[H-].[H-]. The Labute approximate surface area is 47.8 Å². The number of rotatable bonds is 0. The van der Waals surface area contributed by atoms with Crippen LogP contribution < -0.4 is 0 Å². The van der Waals surface area contributed by atoms with Crippen molar-refractivity contribution in [3.63, 3.8) is 0 Å². The van der Waals surface area contributed by atoms with Crippen molar-refractivity contribution in [1.29, 1.82) is 0 Å². The van der Waals surface area contributed by atoms with Gasteiger partial charge in [-0.1, -0.05) is 0 Å². The normalized spacial score (nSPS) is 8.57. The van der Waals surface area contributed by atoms with Gasteiger partial charge in [0.1, 0.15) is 0 Å². The molecule has 0 radical (unpaired) electrons. The predicted octanol–water partition coefficient (Wildman–Crippen LogP) is -3.59. The standard InChI is InChI=1S/Be.H4O4Si.H2O.2H/c;1-5(2,3)4;;;/h;1-4H;1H2;;/q+2;;;2*-1. The maximum Gasteiger partial charge on any atom is 2.00 e. The van der Waals surface area contributed by atoms with E-state index < -0.39 is 9.05 Å². The van der Waals surface area contributed by atoms with Crippen molar-refractivity contribution < 1.29 is 27.5 Å². The Morgan fingerprint density at radius 1 is 1.00 bits per heavy atom. The van der Waals surface area contributed by atoms with Crippen LogP contribution in [0.15, 0.2) is 0 Å². The minimum absolute atomic E-state index is 0. The van der Waals surface area contributed by atoms with E-state index in [0.29, 0.717) is 0 Å². The van der Waals surface area contributed by atoms with Gasteiger partial charge in [0.25, 0.3) is 0 Å². The van der Waals surface area contributed by atoms with Crippen molar-refractivity contribution >= 4 is 19.2 Å². The number of hydrogen-bond donors (Lipinski definition) is 4. The first kappa shape index (κ1) is 15.7. The Morgan fingerprint density at radius 2 is 1.00 bits per heavy atom. The van der Waals surface area contributed by atoms with E-state index in [1.54, 1.807) is 0 Å². The van der Waals surface area contributed by atoms with E-state index in [1.165, 1.54) is 0 Å². The summed E-state index contributed by atoms with van der Waals surface area (Å²) in [5.41, 5.74) is 0. The third-order valence-electron chi connectivity index (χ3n) is 0. The molecule has 0 unspecified atom stereocenters. The summed E-state index contributed by atoms with van der Waals surface area (Å²) in [6, 6.07) is 0. The van der Waals surface area contributed by atoms with E-state index in [2.05, 4.69) is 0 Å². The van der Waals surface area contributed by atoms with Crippen LogP contribution in [0, 0.1) is 0 Å². The molecule has 0 aliphatic carbocycles. The zero-order chi connectivity index (χ0) is 4.50. The van der Waals surface area contributed by atoms with Gasteiger partial charge in [-0.2, -0.15) is 0 Å². The quantitative estimate of drug-likeness (QED) is 0.251. The molecular weight excluding hydrogens is 117 g/mol. The molecule has 0 rings (SSSR count). The maximum atomic E-state index is 7.33. The maximum absolute atomic E-state index is 7.33. The van der Waals surface area contributed by atoms with E-state index in [-0.39, 0.29) is 18.5 Å². The average Bonchev–Trinajstić information content (AvgIpc) is 0.722. The summed E-state index contributed by atoms with van der Waals surface area (Å²) in [7, 11) is -4.61. The molecule has 0 aliphatic heterocycles. The first-order chi connectivity index (χ1) is 2.00. The van der Waals surface area contributed by atoms with Crippen LogP contribution in [0.25, 0.3) is 0 Å². The van der Waals surface area contributed by atoms with Crippen LogP contribution in [-0.2, 0) is 0 Å². The van der Waals surface area contributed by atoms with Gasteiger partial charge in [0.15, 0.2) is 0 Å². The third kappa shape index (κ3) is 3140. The summed E-state index contributed by atoms with van der Waals surface area (Å²) in [6.45, 7) is 0. The van der Waals surface area contributed by atoms with Gasteiger partial charge in [0.05, 0.1) is 0 Å². The molecule has 0 atom stereocenters. The summed E-state index contributed by atoms with van der Waals surface area (Å²) in [4.78, 5) is 29.3. The largest absolute Gasteiger partial charge is 2.00 e. The van der Waals surface area contributed by atoms with Crippen LogP contribution in [0.4, 0.5) is 0 Å². The molecule has 0 amide bonds. The van der Waals surface area contributed by atoms with Crippen LogP contribution in [0.5, 0.6) is 0 Å². The zero-order valence-electron chi connectivity index (χ0n) is 5.50. The molecule has 5 nitrogen and oxygen atoms in total. The van der Waals surface area contributed by atoms with Crippen LogP contribution in [-0.4, -0.2) is 43.8 Å². The molecule has 0 aromatic heterocycles. The number of hydrogen-bond acceptors (Lipinski definition) is 4.